The van der Waals surface area contributed by atoms with Crippen LogP contribution in [0.3, 0.4) is 0 Å². The van der Waals surface area contributed by atoms with E-state index < -0.39 is 29.1 Å². The summed E-state index contributed by atoms with van der Waals surface area (Å²) in [6, 6.07) is 16.3. The molecule has 2 amide bonds. The molecule has 156 valence electrons. The maximum atomic E-state index is 13.0. The fraction of sp³-hybridized carbons (Fsp3) is 0.292. The van der Waals surface area contributed by atoms with Gasteiger partial charge in [-0.2, -0.15) is 0 Å². The zero-order valence-corrected chi connectivity index (χ0v) is 17.4. The molecule has 30 heavy (non-hydrogen) atoms. The molecule has 0 saturated carbocycles. The number of carbonyl (C=O) groups excluding carboxylic acids is 3. The van der Waals surface area contributed by atoms with Gasteiger partial charge in [0.05, 0.1) is 0 Å². The number of ketones is 1. The number of benzene rings is 2. The smallest absolute Gasteiger partial charge is 0.244 e. The molecular weight excluding hydrogens is 380 g/mol. The largest absolute Gasteiger partial charge is 0.489 e. The third-order valence-corrected chi connectivity index (χ3v) is 4.97. The monoisotopic (exact) mass is 406 g/mol. The fourth-order valence-electron chi connectivity index (χ4n) is 3.40. The van der Waals surface area contributed by atoms with E-state index in [2.05, 4.69) is 10.6 Å². The minimum Gasteiger partial charge on any atom is -0.489 e. The number of amides is 2. The van der Waals surface area contributed by atoms with E-state index in [9.17, 15) is 14.4 Å². The molecule has 1 aliphatic heterocycles. The van der Waals surface area contributed by atoms with Crippen molar-refractivity contribution in [3.05, 3.63) is 71.8 Å². The highest BCUT2D eigenvalue weighted by molar-refractivity contribution is 6.27. The van der Waals surface area contributed by atoms with Crippen LogP contribution < -0.4 is 15.4 Å². The number of rotatable bonds is 7. The highest BCUT2D eigenvalue weighted by Crippen LogP contribution is 2.27. The van der Waals surface area contributed by atoms with Gasteiger partial charge < -0.3 is 15.4 Å². The molecule has 2 aromatic carbocycles. The first-order valence-electron chi connectivity index (χ1n) is 9.86. The minimum atomic E-state index is -1.38. The first kappa shape index (κ1) is 21.3. The number of hydrogen-bond donors (Lipinski definition) is 2. The summed E-state index contributed by atoms with van der Waals surface area (Å²) < 4.78 is 5.63. The van der Waals surface area contributed by atoms with Crippen molar-refractivity contribution in [1.82, 2.24) is 5.32 Å². The van der Waals surface area contributed by atoms with Crippen LogP contribution in [-0.2, 0) is 20.8 Å². The quantitative estimate of drug-likeness (QED) is 0.546. The van der Waals surface area contributed by atoms with Crippen LogP contribution in [0.5, 0.6) is 5.75 Å². The van der Waals surface area contributed by atoms with Gasteiger partial charge in [0, 0.05) is 18.2 Å². The summed E-state index contributed by atoms with van der Waals surface area (Å²) in [4.78, 5) is 38.2. The SMILES string of the molecule is CC(C)=CCOc1cccc(NC(=O)C2C(=O)NC(C)(Cc3ccccc3)C2=O)c1. The van der Waals surface area contributed by atoms with E-state index in [4.69, 9.17) is 4.74 Å². The average molecular weight is 406 g/mol. The third-order valence-electron chi connectivity index (χ3n) is 4.97. The molecule has 0 bridgehead atoms. The Hall–Kier alpha value is -3.41. The molecule has 2 unspecified atom stereocenters. The van der Waals surface area contributed by atoms with Gasteiger partial charge in [-0.25, -0.2) is 0 Å². The molecule has 3 rings (SSSR count). The van der Waals surface area contributed by atoms with Gasteiger partial charge in [-0.05, 0) is 44.5 Å². The van der Waals surface area contributed by atoms with Gasteiger partial charge in [0.1, 0.15) is 17.9 Å². The van der Waals surface area contributed by atoms with E-state index in [1.54, 1.807) is 31.2 Å². The minimum absolute atomic E-state index is 0.329. The molecule has 0 radical (unpaired) electrons. The summed E-state index contributed by atoms with van der Waals surface area (Å²) in [6.07, 6.45) is 2.27. The highest BCUT2D eigenvalue weighted by Gasteiger charge is 2.52. The molecule has 0 aliphatic carbocycles. The zero-order chi connectivity index (χ0) is 21.7. The Kier molecular flexibility index (Phi) is 6.35. The number of nitrogens with one attached hydrogen (secondary N) is 2. The van der Waals surface area contributed by atoms with Crippen LogP contribution in [0.1, 0.15) is 26.3 Å². The zero-order valence-electron chi connectivity index (χ0n) is 17.4. The van der Waals surface area contributed by atoms with Gasteiger partial charge in [-0.15, -0.1) is 0 Å². The second kappa shape index (κ2) is 8.95. The summed E-state index contributed by atoms with van der Waals surface area (Å²) in [7, 11) is 0. The van der Waals surface area contributed by atoms with E-state index >= 15 is 0 Å². The molecule has 2 aromatic rings. The Morgan fingerprint density at radius 2 is 1.87 bits per heavy atom. The standard InChI is InChI=1S/C24H26N2O4/c1-16(2)12-13-30-19-11-7-10-18(14-19)25-22(28)20-21(27)24(3,26-23(20)29)15-17-8-5-4-6-9-17/h4-12,14,20H,13,15H2,1-3H3,(H,25,28)(H,26,29). The molecule has 1 fully saturated rings. The molecule has 6 heteroatoms. The molecule has 1 aliphatic rings. The fourth-order valence-corrected chi connectivity index (χ4v) is 3.40. The Morgan fingerprint density at radius 3 is 2.57 bits per heavy atom. The van der Waals surface area contributed by atoms with Crippen molar-refractivity contribution in [3.8, 4) is 5.75 Å². The summed E-state index contributed by atoms with van der Waals surface area (Å²) in [5, 5.41) is 5.38. The lowest BCUT2D eigenvalue weighted by atomic mass is 9.86. The normalized spacial score (nSPS) is 20.4. The summed E-state index contributed by atoms with van der Waals surface area (Å²) >= 11 is 0. The van der Waals surface area contributed by atoms with Gasteiger partial charge >= 0.3 is 0 Å². The molecule has 2 N–H and O–H groups in total. The van der Waals surface area contributed by atoms with Gasteiger partial charge in [-0.1, -0.05) is 42.0 Å². The molecule has 1 heterocycles. The van der Waals surface area contributed by atoms with E-state index in [0.29, 0.717) is 24.5 Å². The molecule has 0 aromatic heterocycles. The third kappa shape index (κ3) is 4.95. The Labute approximate surface area is 176 Å². The van der Waals surface area contributed by atoms with E-state index in [0.717, 1.165) is 11.1 Å². The second-order valence-corrected chi connectivity index (χ2v) is 7.89. The molecule has 1 saturated heterocycles. The number of allylic oxidation sites excluding steroid dienone is 1. The maximum absolute atomic E-state index is 13.0. The summed E-state index contributed by atoms with van der Waals surface area (Å²) in [6.45, 7) is 6.04. The number of ether oxygens (including phenoxy) is 1. The Morgan fingerprint density at radius 1 is 1.13 bits per heavy atom. The van der Waals surface area contributed by atoms with Crippen LogP contribution in [0.15, 0.2) is 66.2 Å². The number of Topliss-reactive ketones (excluding diaryl/α,β-unsaturated/α-hetero) is 1. The average Bonchev–Trinajstić information content (AvgIpc) is 2.90. The van der Waals surface area contributed by atoms with Crippen LogP contribution in [0.25, 0.3) is 0 Å². The van der Waals surface area contributed by atoms with E-state index in [1.165, 1.54) is 0 Å². The van der Waals surface area contributed by atoms with Crippen molar-refractivity contribution in [2.45, 2.75) is 32.7 Å². The van der Waals surface area contributed by atoms with Crippen molar-refractivity contribution in [1.29, 1.82) is 0 Å². The highest BCUT2D eigenvalue weighted by atomic mass is 16.5. The molecular formula is C24H26N2O4. The number of carbonyl (C=O) groups is 3. The van der Waals surface area contributed by atoms with Crippen molar-refractivity contribution in [2.75, 3.05) is 11.9 Å². The predicted molar refractivity (Wildman–Crippen MR) is 115 cm³/mol. The summed E-state index contributed by atoms with van der Waals surface area (Å²) in [5.41, 5.74) is 1.40. The topological polar surface area (TPSA) is 84.5 Å². The lowest BCUT2D eigenvalue weighted by Gasteiger charge is -2.22. The first-order valence-corrected chi connectivity index (χ1v) is 9.86. The van der Waals surface area contributed by atoms with Crippen molar-refractivity contribution >= 4 is 23.3 Å². The van der Waals surface area contributed by atoms with Gasteiger partial charge in [0.15, 0.2) is 11.7 Å². The van der Waals surface area contributed by atoms with Crippen LogP contribution in [0.4, 0.5) is 5.69 Å². The van der Waals surface area contributed by atoms with Crippen LogP contribution in [-0.4, -0.2) is 29.7 Å². The van der Waals surface area contributed by atoms with Gasteiger partial charge in [0.25, 0.3) is 0 Å². The molecule has 6 nitrogen and oxygen atoms in total. The van der Waals surface area contributed by atoms with Gasteiger partial charge in [-0.3, -0.25) is 14.4 Å². The Bertz CT molecular complexity index is 980. The second-order valence-electron chi connectivity index (χ2n) is 7.89. The lowest BCUT2D eigenvalue weighted by molar-refractivity contribution is -0.135. The maximum Gasteiger partial charge on any atom is 0.244 e. The molecule has 2 atom stereocenters. The van der Waals surface area contributed by atoms with E-state index in [-0.39, 0.29) is 0 Å². The van der Waals surface area contributed by atoms with Crippen LogP contribution in [0, 0.1) is 5.92 Å². The van der Waals surface area contributed by atoms with E-state index in [1.807, 2.05) is 50.3 Å². The lowest BCUT2D eigenvalue weighted by Crippen LogP contribution is -2.45. The first-order chi connectivity index (χ1) is 14.3. The van der Waals surface area contributed by atoms with Crippen molar-refractivity contribution in [3.63, 3.8) is 0 Å². The van der Waals surface area contributed by atoms with Crippen molar-refractivity contribution < 1.29 is 19.1 Å². The molecule has 0 spiro atoms. The summed E-state index contributed by atoms with van der Waals surface area (Å²) in [5.74, 6) is -2.44. The predicted octanol–water partition coefficient (Wildman–Crippen LogP) is 3.29. The number of hydrogen-bond acceptors (Lipinski definition) is 4. The van der Waals surface area contributed by atoms with Crippen molar-refractivity contribution in [2.24, 2.45) is 5.92 Å². The Balaban J connectivity index is 1.69. The van der Waals surface area contributed by atoms with Gasteiger partial charge in [0.2, 0.25) is 11.8 Å². The number of anilines is 1. The van der Waals surface area contributed by atoms with Crippen LogP contribution >= 0.6 is 0 Å². The van der Waals surface area contributed by atoms with Crippen LogP contribution in [0.2, 0.25) is 0 Å².